The van der Waals surface area contributed by atoms with Crippen LogP contribution >= 0.6 is 0 Å². The van der Waals surface area contributed by atoms with Gasteiger partial charge in [-0.2, -0.15) is 0 Å². The summed E-state index contributed by atoms with van der Waals surface area (Å²) in [6.45, 7) is 5.95. The number of unbranched alkanes of at least 4 members (excludes halogenated alkanes) is 1. The lowest BCUT2D eigenvalue weighted by atomic mass is 10.0. The molecule has 0 bridgehead atoms. The Hall–Kier alpha value is -0.610. The molecule has 1 rings (SSSR count). The number of carboxylic acids is 1. The molecule has 4 heteroatoms. The van der Waals surface area contributed by atoms with Crippen LogP contribution in [0.4, 0.5) is 0 Å². The predicted molar refractivity (Wildman–Crippen MR) is 69.7 cm³/mol. The van der Waals surface area contributed by atoms with Crippen molar-refractivity contribution in [1.82, 2.24) is 0 Å². The van der Waals surface area contributed by atoms with Crippen LogP contribution in [0.2, 0.25) is 0 Å². The highest BCUT2D eigenvalue weighted by Crippen LogP contribution is 2.48. The van der Waals surface area contributed by atoms with E-state index in [2.05, 4.69) is 13.8 Å². The van der Waals surface area contributed by atoms with Gasteiger partial charge in [0.2, 0.25) is 0 Å². The maximum absolute atomic E-state index is 10.9. The number of rotatable bonds is 11. The Morgan fingerprint density at radius 2 is 2.06 bits per heavy atom. The second-order valence-corrected chi connectivity index (χ2v) is 5.27. The van der Waals surface area contributed by atoms with Gasteiger partial charge in [-0.25, -0.2) is 0 Å². The van der Waals surface area contributed by atoms with E-state index in [1.807, 2.05) is 0 Å². The molecule has 1 saturated carbocycles. The van der Waals surface area contributed by atoms with Crippen LogP contribution in [0.15, 0.2) is 0 Å². The van der Waals surface area contributed by atoms with E-state index in [1.54, 1.807) is 0 Å². The quantitative estimate of drug-likeness (QED) is 0.579. The molecule has 0 aromatic heterocycles. The molecule has 0 aromatic carbocycles. The first-order valence-electron chi connectivity index (χ1n) is 7.03. The Kier molecular flexibility index (Phi) is 6.65. The molecular formula is C14H26O4. The summed E-state index contributed by atoms with van der Waals surface area (Å²) >= 11 is 0. The standard InChI is InChI=1S/C14H26O4/c1-3-4-5-12(2)18-11-10-17-9-8-14(6-7-14)13(15)16/h12H,3-11H2,1-2H3,(H,15,16). The molecule has 1 unspecified atom stereocenters. The van der Waals surface area contributed by atoms with Gasteiger partial charge in [0.05, 0.1) is 24.7 Å². The van der Waals surface area contributed by atoms with E-state index in [0.717, 1.165) is 19.3 Å². The third-order valence-corrected chi connectivity index (χ3v) is 3.63. The first kappa shape index (κ1) is 15.4. The highest BCUT2D eigenvalue weighted by Gasteiger charge is 2.49. The summed E-state index contributed by atoms with van der Waals surface area (Å²) in [7, 11) is 0. The van der Waals surface area contributed by atoms with Crippen LogP contribution in [0.25, 0.3) is 0 Å². The first-order chi connectivity index (χ1) is 8.60. The molecule has 0 spiro atoms. The lowest BCUT2D eigenvalue weighted by Gasteiger charge is -2.13. The van der Waals surface area contributed by atoms with Crippen molar-refractivity contribution in [3.05, 3.63) is 0 Å². The van der Waals surface area contributed by atoms with Gasteiger partial charge in [0.1, 0.15) is 0 Å². The van der Waals surface area contributed by atoms with E-state index >= 15 is 0 Å². The van der Waals surface area contributed by atoms with Gasteiger partial charge in [-0.1, -0.05) is 19.8 Å². The average Bonchev–Trinajstić information content (AvgIpc) is 3.12. The molecule has 0 heterocycles. The van der Waals surface area contributed by atoms with Crippen molar-refractivity contribution in [2.45, 2.75) is 58.5 Å². The largest absolute Gasteiger partial charge is 0.481 e. The van der Waals surface area contributed by atoms with E-state index in [1.165, 1.54) is 12.8 Å². The number of carbonyl (C=O) groups is 1. The monoisotopic (exact) mass is 258 g/mol. The van der Waals surface area contributed by atoms with Crippen molar-refractivity contribution < 1.29 is 19.4 Å². The molecule has 1 aliphatic carbocycles. The summed E-state index contributed by atoms with van der Waals surface area (Å²) in [5.41, 5.74) is -0.463. The van der Waals surface area contributed by atoms with Crippen molar-refractivity contribution in [3.8, 4) is 0 Å². The molecule has 1 N–H and O–H groups in total. The van der Waals surface area contributed by atoms with Crippen LogP contribution in [0.1, 0.15) is 52.4 Å². The Balaban J connectivity index is 1.91. The first-order valence-corrected chi connectivity index (χ1v) is 7.03. The zero-order chi connectivity index (χ0) is 13.4. The summed E-state index contributed by atoms with van der Waals surface area (Å²) in [5.74, 6) is -0.671. The molecule has 106 valence electrons. The second kappa shape index (κ2) is 7.74. The SMILES string of the molecule is CCCCC(C)OCCOCCC1(C(=O)O)CC1. The van der Waals surface area contributed by atoms with Gasteiger partial charge in [-0.3, -0.25) is 4.79 Å². The predicted octanol–water partition coefficient (Wildman–Crippen LogP) is 2.85. The van der Waals surface area contributed by atoms with E-state index < -0.39 is 11.4 Å². The van der Waals surface area contributed by atoms with Crippen molar-refractivity contribution in [2.75, 3.05) is 19.8 Å². The van der Waals surface area contributed by atoms with Gasteiger partial charge in [-0.05, 0) is 32.6 Å². The zero-order valence-corrected chi connectivity index (χ0v) is 11.6. The maximum Gasteiger partial charge on any atom is 0.309 e. The van der Waals surface area contributed by atoms with Crippen molar-refractivity contribution in [2.24, 2.45) is 5.41 Å². The van der Waals surface area contributed by atoms with Crippen LogP contribution in [-0.2, 0) is 14.3 Å². The fourth-order valence-corrected chi connectivity index (χ4v) is 1.97. The lowest BCUT2D eigenvalue weighted by Crippen LogP contribution is -2.18. The van der Waals surface area contributed by atoms with Crippen LogP contribution in [0.5, 0.6) is 0 Å². The molecule has 1 aliphatic rings. The zero-order valence-electron chi connectivity index (χ0n) is 11.6. The number of hydrogen-bond donors (Lipinski definition) is 1. The molecule has 0 radical (unpaired) electrons. The van der Waals surface area contributed by atoms with E-state index in [-0.39, 0.29) is 0 Å². The Morgan fingerprint density at radius 3 is 2.61 bits per heavy atom. The Morgan fingerprint density at radius 1 is 1.33 bits per heavy atom. The van der Waals surface area contributed by atoms with Gasteiger partial charge in [0, 0.05) is 6.61 Å². The van der Waals surface area contributed by atoms with Crippen molar-refractivity contribution in [1.29, 1.82) is 0 Å². The second-order valence-electron chi connectivity index (χ2n) is 5.27. The lowest BCUT2D eigenvalue weighted by molar-refractivity contribution is -0.144. The molecule has 1 fully saturated rings. The van der Waals surface area contributed by atoms with Crippen molar-refractivity contribution >= 4 is 5.97 Å². The maximum atomic E-state index is 10.9. The van der Waals surface area contributed by atoms with Crippen LogP contribution in [0, 0.1) is 5.41 Å². The minimum Gasteiger partial charge on any atom is -0.481 e. The van der Waals surface area contributed by atoms with Crippen LogP contribution in [0.3, 0.4) is 0 Å². The number of aliphatic carboxylic acids is 1. The summed E-state index contributed by atoms with van der Waals surface area (Å²) in [4.78, 5) is 10.9. The van der Waals surface area contributed by atoms with Gasteiger partial charge in [0.15, 0.2) is 0 Å². The molecule has 1 atom stereocenters. The highest BCUT2D eigenvalue weighted by molar-refractivity contribution is 5.77. The van der Waals surface area contributed by atoms with Gasteiger partial charge in [0.25, 0.3) is 0 Å². The third-order valence-electron chi connectivity index (χ3n) is 3.63. The minimum atomic E-state index is -0.671. The molecule has 0 aromatic rings. The van der Waals surface area contributed by atoms with E-state index in [0.29, 0.717) is 32.3 Å². The van der Waals surface area contributed by atoms with E-state index in [9.17, 15) is 4.79 Å². The number of hydrogen-bond acceptors (Lipinski definition) is 3. The Bertz CT molecular complexity index is 248. The topological polar surface area (TPSA) is 55.8 Å². The third kappa shape index (κ3) is 5.36. The fraction of sp³-hybridized carbons (Fsp3) is 0.929. The smallest absolute Gasteiger partial charge is 0.309 e. The summed E-state index contributed by atoms with van der Waals surface area (Å²) in [5, 5.41) is 8.98. The van der Waals surface area contributed by atoms with Gasteiger partial charge < -0.3 is 14.6 Å². The molecule has 0 amide bonds. The summed E-state index contributed by atoms with van der Waals surface area (Å²) in [6, 6.07) is 0. The average molecular weight is 258 g/mol. The van der Waals surface area contributed by atoms with Gasteiger partial charge >= 0.3 is 5.97 Å². The van der Waals surface area contributed by atoms with Crippen LogP contribution in [-0.4, -0.2) is 37.0 Å². The molecular weight excluding hydrogens is 232 g/mol. The molecule has 4 nitrogen and oxygen atoms in total. The number of carboxylic acid groups (broad SMARTS) is 1. The molecule has 0 saturated heterocycles. The normalized spacial score (nSPS) is 18.6. The molecule has 18 heavy (non-hydrogen) atoms. The molecule has 0 aliphatic heterocycles. The fourth-order valence-electron chi connectivity index (χ4n) is 1.97. The highest BCUT2D eigenvalue weighted by atomic mass is 16.5. The minimum absolute atomic E-state index is 0.294. The summed E-state index contributed by atoms with van der Waals surface area (Å²) < 4.78 is 11.0. The van der Waals surface area contributed by atoms with Crippen LogP contribution < -0.4 is 0 Å². The van der Waals surface area contributed by atoms with E-state index in [4.69, 9.17) is 14.6 Å². The Labute approximate surface area is 110 Å². The number of ether oxygens (including phenoxy) is 2. The van der Waals surface area contributed by atoms with Gasteiger partial charge in [-0.15, -0.1) is 0 Å². The van der Waals surface area contributed by atoms with Crippen molar-refractivity contribution in [3.63, 3.8) is 0 Å². The summed E-state index contributed by atoms with van der Waals surface area (Å²) in [6.07, 6.45) is 6.02.